The van der Waals surface area contributed by atoms with Gasteiger partial charge < -0.3 is 4.42 Å². The molecule has 4 heteroatoms. The second kappa shape index (κ2) is 2.58. The number of carbonyl (C=O) groups excluding carboxylic acids is 2. The van der Waals surface area contributed by atoms with Crippen molar-refractivity contribution in [3.8, 4) is 0 Å². The number of nitrogens with one attached hydrogen (secondary N) is 1. The number of hydrogen-bond donors (Lipinski definition) is 1. The fourth-order valence-electron chi connectivity index (χ4n) is 1.33. The summed E-state index contributed by atoms with van der Waals surface area (Å²) < 4.78 is 5.07. The highest BCUT2D eigenvalue weighted by atomic mass is 16.3. The molecule has 0 atom stereocenters. The van der Waals surface area contributed by atoms with Gasteiger partial charge in [-0.1, -0.05) is 6.08 Å². The first-order valence-electron chi connectivity index (χ1n) is 3.81. The summed E-state index contributed by atoms with van der Waals surface area (Å²) in [6.45, 7) is 3.53. The van der Waals surface area contributed by atoms with Crippen molar-refractivity contribution in [2.24, 2.45) is 0 Å². The Bertz CT molecular complexity index is 403. The minimum Gasteiger partial charge on any atom is -0.467 e. The fourth-order valence-corrected chi connectivity index (χ4v) is 1.33. The second-order valence-electron chi connectivity index (χ2n) is 2.72. The number of hydrogen-bond acceptors (Lipinski definition) is 3. The van der Waals surface area contributed by atoms with Gasteiger partial charge >= 0.3 is 0 Å². The predicted octanol–water partition coefficient (Wildman–Crippen LogP) is 0.892. The minimum absolute atomic E-state index is 0.321. The van der Waals surface area contributed by atoms with E-state index < -0.39 is 0 Å². The minimum atomic E-state index is -0.390. The molecule has 0 aliphatic carbocycles. The van der Waals surface area contributed by atoms with Gasteiger partial charge in [-0.15, -0.1) is 6.58 Å². The van der Waals surface area contributed by atoms with Crippen LogP contribution in [0, 0.1) is 0 Å². The van der Waals surface area contributed by atoms with E-state index in [0.29, 0.717) is 23.3 Å². The largest absolute Gasteiger partial charge is 0.467 e. The van der Waals surface area contributed by atoms with Gasteiger partial charge in [-0.25, -0.2) is 0 Å². The van der Waals surface area contributed by atoms with Gasteiger partial charge in [0.15, 0.2) is 0 Å². The molecule has 66 valence electrons. The van der Waals surface area contributed by atoms with Crippen molar-refractivity contribution in [2.45, 2.75) is 6.42 Å². The fraction of sp³-hybridized carbons (Fsp3) is 0.111. The molecule has 1 aliphatic rings. The van der Waals surface area contributed by atoms with Crippen LogP contribution in [0.25, 0.3) is 0 Å². The van der Waals surface area contributed by atoms with E-state index in [4.69, 9.17) is 4.42 Å². The van der Waals surface area contributed by atoms with Gasteiger partial charge in [0, 0.05) is 6.42 Å². The van der Waals surface area contributed by atoms with Crippen LogP contribution < -0.4 is 5.32 Å². The number of amides is 2. The van der Waals surface area contributed by atoms with E-state index in [9.17, 15) is 9.59 Å². The lowest BCUT2D eigenvalue weighted by Gasteiger charge is -1.92. The van der Waals surface area contributed by atoms with E-state index in [2.05, 4.69) is 11.9 Å². The van der Waals surface area contributed by atoms with Crippen molar-refractivity contribution in [2.75, 3.05) is 0 Å². The molecule has 0 saturated heterocycles. The van der Waals surface area contributed by atoms with Crippen molar-refractivity contribution in [3.63, 3.8) is 0 Å². The van der Waals surface area contributed by atoms with Crippen LogP contribution in [0.3, 0.4) is 0 Å². The van der Waals surface area contributed by atoms with Crippen LogP contribution >= 0.6 is 0 Å². The first-order valence-corrected chi connectivity index (χ1v) is 3.81. The lowest BCUT2D eigenvalue weighted by atomic mass is 10.1. The molecule has 2 rings (SSSR count). The molecule has 0 unspecified atom stereocenters. The number of fused-ring (bicyclic) bond motifs is 1. The summed E-state index contributed by atoms with van der Waals surface area (Å²) >= 11 is 0. The third-order valence-corrected chi connectivity index (χ3v) is 1.90. The predicted molar refractivity (Wildman–Crippen MR) is 44.4 cm³/mol. The van der Waals surface area contributed by atoms with Crippen molar-refractivity contribution < 1.29 is 14.0 Å². The summed E-state index contributed by atoms with van der Waals surface area (Å²) in [6, 6.07) is 0. The molecule has 0 fully saturated rings. The van der Waals surface area contributed by atoms with E-state index in [1.807, 2.05) is 0 Å². The Balaban J connectivity index is 2.54. The maximum absolute atomic E-state index is 11.2. The normalized spacial score (nSPS) is 14.2. The van der Waals surface area contributed by atoms with Crippen molar-refractivity contribution in [1.82, 2.24) is 5.32 Å². The SMILES string of the molecule is C=CCc1occ2c1C(=O)NC2=O. The zero-order valence-electron chi connectivity index (χ0n) is 6.79. The van der Waals surface area contributed by atoms with E-state index in [0.717, 1.165) is 0 Å². The van der Waals surface area contributed by atoms with E-state index in [1.165, 1.54) is 6.26 Å². The van der Waals surface area contributed by atoms with E-state index in [-0.39, 0.29) is 11.8 Å². The molecule has 2 amide bonds. The molecule has 0 aromatic carbocycles. The van der Waals surface area contributed by atoms with Crippen LogP contribution in [-0.4, -0.2) is 11.8 Å². The summed E-state index contributed by atoms with van der Waals surface area (Å²) in [5, 5.41) is 2.19. The first kappa shape index (κ1) is 7.79. The molecule has 4 nitrogen and oxygen atoms in total. The number of furan rings is 1. The lowest BCUT2D eigenvalue weighted by Crippen LogP contribution is -2.20. The Morgan fingerprint density at radius 2 is 2.23 bits per heavy atom. The summed E-state index contributed by atoms with van der Waals surface area (Å²) in [4.78, 5) is 22.3. The van der Waals surface area contributed by atoms with Crippen LogP contribution in [0.1, 0.15) is 26.5 Å². The number of allylic oxidation sites excluding steroid dienone is 1. The molecule has 13 heavy (non-hydrogen) atoms. The standard InChI is InChI=1S/C9H7NO3/c1-2-3-6-7-5(4-13-6)8(11)10-9(7)12/h2,4H,1,3H2,(H,10,11,12). The highest BCUT2D eigenvalue weighted by Crippen LogP contribution is 2.22. The van der Waals surface area contributed by atoms with Crippen LogP contribution in [0.15, 0.2) is 23.3 Å². The molecule has 0 radical (unpaired) electrons. The smallest absolute Gasteiger partial charge is 0.262 e. The maximum atomic E-state index is 11.2. The Hall–Kier alpha value is -1.84. The number of imide groups is 1. The Labute approximate surface area is 74.2 Å². The van der Waals surface area contributed by atoms with Gasteiger partial charge in [0.25, 0.3) is 11.8 Å². The van der Waals surface area contributed by atoms with Crippen molar-refractivity contribution in [1.29, 1.82) is 0 Å². The third-order valence-electron chi connectivity index (χ3n) is 1.90. The van der Waals surface area contributed by atoms with Crippen molar-refractivity contribution in [3.05, 3.63) is 35.8 Å². The van der Waals surface area contributed by atoms with Crippen LogP contribution in [0.4, 0.5) is 0 Å². The monoisotopic (exact) mass is 177 g/mol. The van der Waals surface area contributed by atoms with Gasteiger partial charge in [-0.3, -0.25) is 14.9 Å². The quantitative estimate of drug-likeness (QED) is 0.539. The van der Waals surface area contributed by atoms with Crippen LogP contribution in [0.5, 0.6) is 0 Å². The van der Waals surface area contributed by atoms with Gasteiger partial charge in [0.1, 0.15) is 12.0 Å². The van der Waals surface area contributed by atoms with Crippen LogP contribution in [0.2, 0.25) is 0 Å². The summed E-state index contributed by atoms with van der Waals surface area (Å²) in [7, 11) is 0. The molecule has 1 aromatic rings. The van der Waals surface area contributed by atoms with Gasteiger partial charge in [-0.05, 0) is 0 Å². The average Bonchev–Trinajstić information content (AvgIpc) is 2.58. The summed E-state index contributed by atoms with van der Waals surface area (Å²) in [5.41, 5.74) is 0.673. The molecular formula is C9H7NO3. The summed E-state index contributed by atoms with van der Waals surface area (Å²) in [5.74, 6) is -0.280. The highest BCUT2D eigenvalue weighted by molar-refractivity contribution is 6.21. The molecule has 0 bridgehead atoms. The number of carbonyl (C=O) groups is 2. The molecule has 1 aliphatic heterocycles. The zero-order chi connectivity index (χ0) is 9.42. The third kappa shape index (κ3) is 0.989. The zero-order valence-corrected chi connectivity index (χ0v) is 6.79. The van der Waals surface area contributed by atoms with E-state index in [1.54, 1.807) is 6.08 Å². The summed E-state index contributed by atoms with van der Waals surface area (Å²) in [6.07, 6.45) is 3.37. The molecule has 2 heterocycles. The first-order chi connectivity index (χ1) is 6.24. The topological polar surface area (TPSA) is 59.3 Å². The highest BCUT2D eigenvalue weighted by Gasteiger charge is 2.32. The van der Waals surface area contributed by atoms with Gasteiger partial charge in [0.05, 0.1) is 11.1 Å². The maximum Gasteiger partial charge on any atom is 0.262 e. The Kier molecular flexibility index (Phi) is 1.55. The van der Waals surface area contributed by atoms with Crippen molar-refractivity contribution >= 4 is 11.8 Å². The Morgan fingerprint density at radius 3 is 2.92 bits per heavy atom. The molecular weight excluding hydrogens is 170 g/mol. The molecule has 1 N–H and O–H groups in total. The van der Waals surface area contributed by atoms with E-state index >= 15 is 0 Å². The Morgan fingerprint density at radius 1 is 1.46 bits per heavy atom. The van der Waals surface area contributed by atoms with Crippen LogP contribution in [-0.2, 0) is 6.42 Å². The number of rotatable bonds is 2. The van der Waals surface area contributed by atoms with Gasteiger partial charge in [-0.2, -0.15) is 0 Å². The van der Waals surface area contributed by atoms with Gasteiger partial charge in [0.2, 0.25) is 0 Å². The second-order valence-corrected chi connectivity index (χ2v) is 2.72. The average molecular weight is 177 g/mol. The molecule has 0 spiro atoms. The molecule has 0 saturated carbocycles. The molecule has 1 aromatic heterocycles. The lowest BCUT2D eigenvalue weighted by molar-refractivity contribution is 0.0876.